The maximum Gasteiger partial charge on any atom is 0.326 e. The number of aliphatic hydroxyl groups excluding tert-OH is 1. The number of fused-ring (bicyclic) bond motifs is 1. The molecule has 6 heteroatoms. The van der Waals surface area contributed by atoms with E-state index in [0.717, 1.165) is 4.90 Å². The van der Waals surface area contributed by atoms with E-state index in [-0.39, 0.29) is 30.6 Å². The van der Waals surface area contributed by atoms with Crippen LogP contribution in [0.1, 0.15) is 33.6 Å². The Morgan fingerprint density at radius 2 is 1.68 bits per heavy atom. The van der Waals surface area contributed by atoms with Crippen molar-refractivity contribution >= 4 is 17.8 Å². The smallest absolute Gasteiger partial charge is 0.326 e. The number of hydrogen-bond acceptors (Lipinski definition) is 4. The minimum atomic E-state index is -1.25. The van der Waals surface area contributed by atoms with Crippen molar-refractivity contribution in [3.8, 4) is 0 Å². The summed E-state index contributed by atoms with van der Waals surface area (Å²) < 4.78 is 0. The van der Waals surface area contributed by atoms with Crippen molar-refractivity contribution in [3.63, 3.8) is 0 Å². The second-order valence-corrected chi connectivity index (χ2v) is 4.25. The summed E-state index contributed by atoms with van der Waals surface area (Å²) >= 11 is 0. The molecule has 0 fully saturated rings. The Morgan fingerprint density at radius 3 is 2.11 bits per heavy atom. The van der Waals surface area contributed by atoms with Gasteiger partial charge in [0.25, 0.3) is 11.8 Å². The standard InChI is InChI=1S/C13H13NO5/c15-7-3-6-10(13(18)19)14-11(16)8-4-1-2-5-9(8)12(14)17/h1-2,4-5,10,15H,3,6-7H2,(H,18,19). The van der Waals surface area contributed by atoms with E-state index in [0.29, 0.717) is 0 Å². The average molecular weight is 263 g/mol. The number of carbonyl (C=O) groups is 3. The predicted octanol–water partition coefficient (Wildman–Crippen LogP) is 0.508. The normalized spacial score (nSPS) is 15.5. The van der Waals surface area contributed by atoms with Gasteiger partial charge in [0, 0.05) is 6.61 Å². The van der Waals surface area contributed by atoms with Crippen LogP contribution >= 0.6 is 0 Å². The molecule has 1 aromatic rings. The van der Waals surface area contributed by atoms with Gasteiger partial charge in [-0.15, -0.1) is 0 Å². The van der Waals surface area contributed by atoms with Crippen molar-refractivity contribution in [2.24, 2.45) is 0 Å². The average Bonchev–Trinajstić information content (AvgIpc) is 2.64. The number of carbonyl (C=O) groups excluding carboxylic acids is 2. The summed E-state index contributed by atoms with van der Waals surface area (Å²) in [5, 5.41) is 17.9. The Balaban J connectivity index is 2.33. The molecule has 1 aromatic carbocycles. The van der Waals surface area contributed by atoms with Gasteiger partial charge in [-0.3, -0.25) is 14.5 Å². The zero-order valence-electron chi connectivity index (χ0n) is 10.1. The Bertz CT molecular complexity index is 505. The molecule has 0 bridgehead atoms. The summed E-state index contributed by atoms with van der Waals surface area (Å²) in [6.07, 6.45) is 0.252. The van der Waals surface area contributed by atoms with Crippen LogP contribution in [-0.4, -0.2) is 45.5 Å². The highest BCUT2D eigenvalue weighted by Gasteiger charge is 2.42. The highest BCUT2D eigenvalue weighted by molar-refractivity contribution is 6.22. The van der Waals surface area contributed by atoms with Crippen molar-refractivity contribution in [1.82, 2.24) is 4.90 Å². The topological polar surface area (TPSA) is 94.9 Å². The van der Waals surface area contributed by atoms with Crippen LogP contribution in [0.25, 0.3) is 0 Å². The molecule has 2 rings (SSSR count). The van der Waals surface area contributed by atoms with E-state index in [4.69, 9.17) is 10.2 Å². The second kappa shape index (κ2) is 5.19. The summed E-state index contributed by atoms with van der Waals surface area (Å²) in [5.41, 5.74) is 0.450. The summed E-state index contributed by atoms with van der Waals surface area (Å²) in [4.78, 5) is 36.2. The first-order valence-corrected chi connectivity index (χ1v) is 5.88. The fraction of sp³-hybridized carbons (Fsp3) is 0.308. The number of carboxylic acid groups (broad SMARTS) is 1. The number of carboxylic acids is 1. The van der Waals surface area contributed by atoms with Crippen molar-refractivity contribution in [1.29, 1.82) is 0 Å². The molecule has 100 valence electrons. The summed E-state index contributed by atoms with van der Waals surface area (Å²) in [5.74, 6) is -2.43. The van der Waals surface area contributed by atoms with E-state index in [9.17, 15) is 14.4 Å². The molecule has 0 saturated carbocycles. The molecular weight excluding hydrogens is 250 g/mol. The van der Waals surface area contributed by atoms with Gasteiger partial charge in [-0.1, -0.05) is 12.1 Å². The molecule has 2 N–H and O–H groups in total. The number of imide groups is 1. The maximum atomic E-state index is 12.1. The Hall–Kier alpha value is -2.21. The van der Waals surface area contributed by atoms with Gasteiger partial charge in [0.1, 0.15) is 6.04 Å². The third-order valence-electron chi connectivity index (χ3n) is 3.06. The van der Waals surface area contributed by atoms with Gasteiger partial charge >= 0.3 is 5.97 Å². The van der Waals surface area contributed by atoms with E-state index < -0.39 is 23.8 Å². The SMILES string of the molecule is O=C(O)C(CCCO)N1C(=O)c2ccccc2C1=O. The van der Waals surface area contributed by atoms with Gasteiger partial charge in [-0.05, 0) is 25.0 Å². The third kappa shape index (κ3) is 2.22. The molecule has 0 spiro atoms. The number of aliphatic hydroxyl groups is 1. The van der Waals surface area contributed by atoms with Crippen LogP contribution in [0.3, 0.4) is 0 Å². The van der Waals surface area contributed by atoms with Gasteiger partial charge in [-0.25, -0.2) is 4.79 Å². The lowest BCUT2D eigenvalue weighted by atomic mass is 10.1. The number of nitrogens with zero attached hydrogens (tertiary/aromatic N) is 1. The molecule has 1 atom stereocenters. The lowest BCUT2D eigenvalue weighted by Gasteiger charge is -2.22. The molecule has 0 aromatic heterocycles. The Kier molecular flexibility index (Phi) is 3.62. The summed E-state index contributed by atoms with van der Waals surface area (Å²) in [6.45, 7) is -0.188. The van der Waals surface area contributed by atoms with E-state index in [1.807, 2.05) is 0 Å². The molecule has 1 heterocycles. The molecule has 1 aliphatic heterocycles. The fourth-order valence-corrected chi connectivity index (χ4v) is 2.14. The van der Waals surface area contributed by atoms with Crippen LogP contribution in [0, 0.1) is 0 Å². The number of amides is 2. The molecule has 19 heavy (non-hydrogen) atoms. The Labute approximate surface area is 109 Å². The first-order chi connectivity index (χ1) is 9.07. The molecule has 1 unspecified atom stereocenters. The molecule has 0 aliphatic carbocycles. The fourth-order valence-electron chi connectivity index (χ4n) is 2.14. The van der Waals surface area contributed by atoms with Crippen LogP contribution in [0.15, 0.2) is 24.3 Å². The van der Waals surface area contributed by atoms with E-state index in [1.165, 1.54) is 12.1 Å². The number of benzene rings is 1. The maximum absolute atomic E-state index is 12.1. The minimum Gasteiger partial charge on any atom is -0.480 e. The highest BCUT2D eigenvalue weighted by atomic mass is 16.4. The zero-order valence-corrected chi connectivity index (χ0v) is 10.1. The number of rotatable bonds is 5. The molecule has 1 aliphatic rings. The molecule has 0 radical (unpaired) electrons. The van der Waals surface area contributed by atoms with E-state index >= 15 is 0 Å². The predicted molar refractivity (Wildman–Crippen MR) is 64.7 cm³/mol. The lowest BCUT2D eigenvalue weighted by Crippen LogP contribution is -2.44. The van der Waals surface area contributed by atoms with Crippen LogP contribution in [0.5, 0.6) is 0 Å². The third-order valence-corrected chi connectivity index (χ3v) is 3.06. The van der Waals surface area contributed by atoms with Gasteiger partial charge < -0.3 is 10.2 Å². The first kappa shape index (κ1) is 13.2. The van der Waals surface area contributed by atoms with Crippen LogP contribution in [0.2, 0.25) is 0 Å². The minimum absolute atomic E-state index is 0.0390. The Morgan fingerprint density at radius 1 is 1.16 bits per heavy atom. The van der Waals surface area contributed by atoms with Crippen molar-refractivity contribution in [2.75, 3.05) is 6.61 Å². The second-order valence-electron chi connectivity index (χ2n) is 4.25. The lowest BCUT2D eigenvalue weighted by molar-refractivity contribution is -0.141. The zero-order chi connectivity index (χ0) is 14.0. The van der Waals surface area contributed by atoms with Gasteiger partial charge in [-0.2, -0.15) is 0 Å². The van der Waals surface area contributed by atoms with Crippen LogP contribution in [-0.2, 0) is 4.79 Å². The monoisotopic (exact) mass is 263 g/mol. The van der Waals surface area contributed by atoms with Gasteiger partial charge in [0.05, 0.1) is 11.1 Å². The molecule has 2 amide bonds. The first-order valence-electron chi connectivity index (χ1n) is 5.88. The number of aliphatic carboxylic acids is 1. The van der Waals surface area contributed by atoms with Crippen molar-refractivity contribution in [3.05, 3.63) is 35.4 Å². The largest absolute Gasteiger partial charge is 0.480 e. The molecule has 0 saturated heterocycles. The van der Waals surface area contributed by atoms with Crippen LogP contribution < -0.4 is 0 Å². The van der Waals surface area contributed by atoms with E-state index in [2.05, 4.69) is 0 Å². The highest BCUT2D eigenvalue weighted by Crippen LogP contribution is 2.26. The van der Waals surface area contributed by atoms with Gasteiger partial charge in [0.15, 0.2) is 0 Å². The molecular formula is C13H13NO5. The van der Waals surface area contributed by atoms with Crippen molar-refractivity contribution < 1.29 is 24.6 Å². The summed E-state index contributed by atoms with van der Waals surface area (Å²) in [6, 6.07) is 5.01. The number of hydrogen-bond donors (Lipinski definition) is 2. The van der Waals surface area contributed by atoms with Crippen LogP contribution in [0.4, 0.5) is 0 Å². The molecule has 6 nitrogen and oxygen atoms in total. The van der Waals surface area contributed by atoms with E-state index in [1.54, 1.807) is 12.1 Å². The summed E-state index contributed by atoms with van der Waals surface area (Å²) in [7, 11) is 0. The quantitative estimate of drug-likeness (QED) is 0.755. The van der Waals surface area contributed by atoms with Gasteiger partial charge in [0.2, 0.25) is 0 Å². The van der Waals surface area contributed by atoms with Crippen molar-refractivity contribution in [2.45, 2.75) is 18.9 Å².